The van der Waals surface area contributed by atoms with Gasteiger partial charge in [0.1, 0.15) is 11.5 Å². The molecule has 4 heteroatoms. The van der Waals surface area contributed by atoms with Gasteiger partial charge in [-0.1, -0.05) is 30.3 Å². The molecule has 0 bridgehead atoms. The molecule has 0 aliphatic heterocycles. The molecule has 4 nitrogen and oxygen atoms in total. The number of hydrogen-bond donors (Lipinski definition) is 1. The minimum absolute atomic E-state index is 0.431. The standard InChI is InChI=1S/C15H14O4/c1-18-15(17)14(16)11-6-5-9-13(10-11)19-12-7-3-2-4-8-12/h2-10,14,16H,1H3. The van der Waals surface area contributed by atoms with E-state index >= 15 is 0 Å². The van der Waals surface area contributed by atoms with E-state index in [1.807, 2.05) is 30.3 Å². The lowest BCUT2D eigenvalue weighted by atomic mass is 10.1. The number of para-hydroxylation sites is 1. The maximum Gasteiger partial charge on any atom is 0.339 e. The lowest BCUT2D eigenvalue weighted by Gasteiger charge is -2.11. The lowest BCUT2D eigenvalue weighted by molar-refractivity contribution is -0.150. The molecule has 0 saturated heterocycles. The third-order valence-corrected chi connectivity index (χ3v) is 2.58. The fourth-order valence-corrected chi connectivity index (χ4v) is 1.62. The van der Waals surface area contributed by atoms with Crippen LogP contribution in [0.25, 0.3) is 0 Å². The van der Waals surface area contributed by atoms with Crippen LogP contribution in [-0.4, -0.2) is 18.2 Å². The van der Waals surface area contributed by atoms with E-state index in [4.69, 9.17) is 4.74 Å². The number of benzene rings is 2. The van der Waals surface area contributed by atoms with Crippen molar-refractivity contribution in [3.8, 4) is 11.5 Å². The van der Waals surface area contributed by atoms with Crippen molar-refractivity contribution in [3.63, 3.8) is 0 Å². The molecule has 2 rings (SSSR count). The van der Waals surface area contributed by atoms with Gasteiger partial charge in [-0.25, -0.2) is 4.79 Å². The number of aliphatic hydroxyl groups is 1. The highest BCUT2D eigenvalue weighted by molar-refractivity contribution is 5.76. The molecule has 0 spiro atoms. The van der Waals surface area contributed by atoms with Crippen LogP contribution in [-0.2, 0) is 9.53 Å². The molecule has 2 aromatic carbocycles. The number of carbonyl (C=O) groups is 1. The van der Waals surface area contributed by atoms with E-state index in [2.05, 4.69) is 4.74 Å². The molecule has 0 aliphatic rings. The van der Waals surface area contributed by atoms with E-state index in [9.17, 15) is 9.90 Å². The van der Waals surface area contributed by atoms with E-state index in [-0.39, 0.29) is 0 Å². The van der Waals surface area contributed by atoms with Gasteiger partial charge in [-0.3, -0.25) is 0 Å². The van der Waals surface area contributed by atoms with Gasteiger partial charge >= 0.3 is 5.97 Å². The van der Waals surface area contributed by atoms with Gasteiger partial charge in [-0.2, -0.15) is 0 Å². The number of methoxy groups -OCH3 is 1. The quantitative estimate of drug-likeness (QED) is 0.857. The summed E-state index contributed by atoms with van der Waals surface area (Å²) in [4.78, 5) is 11.3. The summed E-state index contributed by atoms with van der Waals surface area (Å²) in [7, 11) is 1.23. The molecule has 2 aromatic rings. The minimum Gasteiger partial charge on any atom is -0.467 e. The summed E-state index contributed by atoms with van der Waals surface area (Å²) >= 11 is 0. The van der Waals surface area contributed by atoms with Gasteiger partial charge in [0.05, 0.1) is 7.11 Å². The van der Waals surface area contributed by atoms with E-state index < -0.39 is 12.1 Å². The summed E-state index contributed by atoms with van der Waals surface area (Å²) in [6, 6.07) is 16.0. The Morgan fingerprint density at radius 1 is 1.05 bits per heavy atom. The Morgan fingerprint density at radius 2 is 1.74 bits per heavy atom. The SMILES string of the molecule is COC(=O)C(O)c1cccc(Oc2ccccc2)c1. The van der Waals surface area contributed by atoms with Crippen molar-refractivity contribution in [2.24, 2.45) is 0 Å². The van der Waals surface area contributed by atoms with Crippen LogP contribution in [0.1, 0.15) is 11.7 Å². The van der Waals surface area contributed by atoms with Crippen molar-refractivity contribution >= 4 is 5.97 Å². The van der Waals surface area contributed by atoms with Gasteiger partial charge in [-0.05, 0) is 29.8 Å². The first-order chi connectivity index (χ1) is 9.20. The van der Waals surface area contributed by atoms with Crippen molar-refractivity contribution in [2.45, 2.75) is 6.10 Å². The Balaban J connectivity index is 2.18. The smallest absolute Gasteiger partial charge is 0.339 e. The molecular formula is C15H14O4. The molecule has 1 atom stereocenters. The van der Waals surface area contributed by atoms with E-state index in [0.717, 1.165) is 0 Å². The highest BCUT2D eigenvalue weighted by atomic mass is 16.5. The van der Waals surface area contributed by atoms with Crippen molar-refractivity contribution in [1.29, 1.82) is 0 Å². The Morgan fingerprint density at radius 3 is 2.42 bits per heavy atom. The Kier molecular flexibility index (Phi) is 4.15. The van der Waals surface area contributed by atoms with Gasteiger partial charge < -0.3 is 14.6 Å². The molecular weight excluding hydrogens is 244 g/mol. The number of ether oxygens (including phenoxy) is 2. The number of aliphatic hydroxyl groups excluding tert-OH is 1. The maximum atomic E-state index is 11.3. The second kappa shape index (κ2) is 6.02. The van der Waals surface area contributed by atoms with Crippen molar-refractivity contribution in [2.75, 3.05) is 7.11 Å². The van der Waals surface area contributed by atoms with Crippen molar-refractivity contribution in [3.05, 3.63) is 60.2 Å². The summed E-state index contributed by atoms with van der Waals surface area (Å²) in [6.45, 7) is 0. The fourth-order valence-electron chi connectivity index (χ4n) is 1.62. The second-order valence-corrected chi connectivity index (χ2v) is 3.91. The molecule has 0 heterocycles. The normalized spacial score (nSPS) is 11.7. The lowest BCUT2D eigenvalue weighted by Crippen LogP contribution is -2.13. The summed E-state index contributed by atoms with van der Waals surface area (Å²) < 4.78 is 10.1. The van der Waals surface area contributed by atoms with Crippen LogP contribution in [0.15, 0.2) is 54.6 Å². The fraction of sp³-hybridized carbons (Fsp3) is 0.133. The Labute approximate surface area is 111 Å². The van der Waals surface area contributed by atoms with Crippen LogP contribution in [0.2, 0.25) is 0 Å². The van der Waals surface area contributed by atoms with Gasteiger partial charge in [0, 0.05) is 0 Å². The third-order valence-electron chi connectivity index (χ3n) is 2.58. The first kappa shape index (κ1) is 13.1. The van der Waals surface area contributed by atoms with Crippen LogP contribution in [0.4, 0.5) is 0 Å². The van der Waals surface area contributed by atoms with Crippen molar-refractivity contribution in [1.82, 2.24) is 0 Å². The zero-order chi connectivity index (χ0) is 13.7. The number of rotatable bonds is 4. The predicted molar refractivity (Wildman–Crippen MR) is 69.9 cm³/mol. The molecule has 1 unspecified atom stereocenters. The zero-order valence-electron chi connectivity index (χ0n) is 10.4. The van der Waals surface area contributed by atoms with Gasteiger partial charge in [0.2, 0.25) is 0 Å². The average Bonchev–Trinajstić information content (AvgIpc) is 2.47. The first-order valence-corrected chi connectivity index (χ1v) is 5.79. The minimum atomic E-state index is -1.30. The van der Waals surface area contributed by atoms with Crippen LogP contribution in [0, 0.1) is 0 Å². The first-order valence-electron chi connectivity index (χ1n) is 5.79. The number of hydrogen-bond acceptors (Lipinski definition) is 4. The van der Waals surface area contributed by atoms with E-state index in [1.54, 1.807) is 24.3 Å². The monoisotopic (exact) mass is 258 g/mol. The van der Waals surface area contributed by atoms with Crippen molar-refractivity contribution < 1.29 is 19.4 Å². The summed E-state index contributed by atoms with van der Waals surface area (Å²) in [6.07, 6.45) is -1.30. The van der Waals surface area contributed by atoms with Crippen LogP contribution in [0.3, 0.4) is 0 Å². The highest BCUT2D eigenvalue weighted by Crippen LogP contribution is 2.24. The third kappa shape index (κ3) is 3.33. The average molecular weight is 258 g/mol. The van der Waals surface area contributed by atoms with Crippen LogP contribution >= 0.6 is 0 Å². The van der Waals surface area contributed by atoms with Gasteiger partial charge in [0.15, 0.2) is 6.10 Å². The molecule has 19 heavy (non-hydrogen) atoms. The zero-order valence-corrected chi connectivity index (χ0v) is 10.4. The second-order valence-electron chi connectivity index (χ2n) is 3.91. The largest absolute Gasteiger partial charge is 0.467 e. The summed E-state index contributed by atoms with van der Waals surface area (Å²) in [5.74, 6) is 0.538. The van der Waals surface area contributed by atoms with Gasteiger partial charge in [0.25, 0.3) is 0 Å². The van der Waals surface area contributed by atoms with Crippen LogP contribution < -0.4 is 4.74 Å². The van der Waals surface area contributed by atoms with E-state index in [1.165, 1.54) is 7.11 Å². The maximum absolute atomic E-state index is 11.3. The Bertz CT molecular complexity index is 551. The molecule has 0 amide bonds. The topological polar surface area (TPSA) is 55.8 Å². The summed E-state index contributed by atoms with van der Waals surface area (Å²) in [5, 5.41) is 9.75. The molecule has 0 aromatic heterocycles. The Hall–Kier alpha value is -2.33. The molecule has 0 saturated carbocycles. The molecule has 0 fully saturated rings. The van der Waals surface area contributed by atoms with Gasteiger partial charge in [-0.15, -0.1) is 0 Å². The molecule has 98 valence electrons. The molecule has 0 aliphatic carbocycles. The number of carbonyl (C=O) groups excluding carboxylic acids is 1. The molecule has 0 radical (unpaired) electrons. The van der Waals surface area contributed by atoms with Crippen LogP contribution in [0.5, 0.6) is 11.5 Å². The summed E-state index contributed by atoms with van der Waals surface area (Å²) in [5.41, 5.74) is 0.431. The molecule has 1 N–H and O–H groups in total. The predicted octanol–water partition coefficient (Wildman–Crippen LogP) is 2.69. The number of esters is 1. The van der Waals surface area contributed by atoms with E-state index in [0.29, 0.717) is 17.1 Å². The highest BCUT2D eigenvalue weighted by Gasteiger charge is 2.18.